The molecule has 0 N–H and O–H groups in total. The van der Waals surface area contributed by atoms with Crippen molar-refractivity contribution >= 4 is 11.8 Å². The fourth-order valence-electron chi connectivity index (χ4n) is 0.835. The maximum Gasteiger partial charge on any atom is 0.00939 e. The second kappa shape index (κ2) is 0.836. The van der Waals surface area contributed by atoms with E-state index >= 15 is 0 Å². The highest BCUT2D eigenvalue weighted by Gasteiger charge is 2.29. The summed E-state index contributed by atoms with van der Waals surface area (Å²) >= 11 is 2.03. The van der Waals surface area contributed by atoms with Crippen LogP contribution in [-0.2, 0) is 0 Å². The standard InChI is InChI=1S/C5H6S/c1-2-6-5-3-4(1)5/h3-4H,1-2H2. The van der Waals surface area contributed by atoms with Gasteiger partial charge in [-0.3, -0.25) is 0 Å². The number of rotatable bonds is 0. The molecule has 6 heavy (non-hydrogen) atoms. The van der Waals surface area contributed by atoms with E-state index in [0.717, 1.165) is 5.92 Å². The van der Waals surface area contributed by atoms with Gasteiger partial charge in [0.1, 0.15) is 0 Å². The van der Waals surface area contributed by atoms with Gasteiger partial charge >= 0.3 is 0 Å². The molecule has 0 aromatic heterocycles. The molecule has 1 heteroatoms. The zero-order valence-electron chi connectivity index (χ0n) is 3.48. The molecule has 0 amide bonds. The van der Waals surface area contributed by atoms with E-state index < -0.39 is 0 Å². The van der Waals surface area contributed by atoms with Crippen LogP contribution in [0.1, 0.15) is 6.42 Å². The quantitative estimate of drug-likeness (QED) is 0.444. The minimum absolute atomic E-state index is 0.968. The zero-order chi connectivity index (χ0) is 3.98. The van der Waals surface area contributed by atoms with Crippen molar-refractivity contribution in [2.75, 3.05) is 5.75 Å². The smallest absolute Gasteiger partial charge is 0.00939 e. The van der Waals surface area contributed by atoms with E-state index in [0.29, 0.717) is 0 Å². The van der Waals surface area contributed by atoms with E-state index in [2.05, 4.69) is 6.08 Å². The lowest BCUT2D eigenvalue weighted by molar-refractivity contribution is 0.893. The second-order valence-electron chi connectivity index (χ2n) is 1.81. The second-order valence-corrected chi connectivity index (χ2v) is 2.98. The van der Waals surface area contributed by atoms with Crippen LogP contribution in [0.2, 0.25) is 0 Å². The maximum atomic E-state index is 2.36. The molecule has 0 spiro atoms. The van der Waals surface area contributed by atoms with Crippen molar-refractivity contribution in [1.82, 2.24) is 0 Å². The van der Waals surface area contributed by atoms with Gasteiger partial charge in [-0.05, 0) is 17.1 Å². The summed E-state index contributed by atoms with van der Waals surface area (Å²) in [6, 6.07) is 0. The van der Waals surface area contributed by atoms with Crippen molar-refractivity contribution in [1.29, 1.82) is 0 Å². The summed E-state index contributed by atoms with van der Waals surface area (Å²) in [5, 5.41) is 0. The Labute approximate surface area is 41.6 Å². The van der Waals surface area contributed by atoms with E-state index in [4.69, 9.17) is 0 Å². The Morgan fingerprint density at radius 2 is 2.83 bits per heavy atom. The Morgan fingerprint density at radius 3 is 3.00 bits per heavy atom. The van der Waals surface area contributed by atoms with E-state index in [-0.39, 0.29) is 0 Å². The van der Waals surface area contributed by atoms with Crippen LogP contribution in [0.5, 0.6) is 0 Å². The normalized spacial score (nSPS) is 38.7. The Balaban J connectivity index is 2.22. The van der Waals surface area contributed by atoms with E-state index in [1.807, 2.05) is 11.8 Å². The molecule has 0 aromatic rings. The third-order valence-corrected chi connectivity index (χ3v) is 2.53. The van der Waals surface area contributed by atoms with Crippen molar-refractivity contribution in [3.05, 3.63) is 11.0 Å². The summed E-state index contributed by atoms with van der Waals surface area (Å²) in [6.07, 6.45) is 3.79. The Morgan fingerprint density at radius 1 is 1.83 bits per heavy atom. The van der Waals surface area contributed by atoms with Crippen LogP contribution in [-0.4, -0.2) is 5.75 Å². The molecule has 1 heterocycles. The van der Waals surface area contributed by atoms with Gasteiger partial charge in [-0.25, -0.2) is 0 Å². The number of allylic oxidation sites excluding steroid dienone is 2. The van der Waals surface area contributed by atoms with Gasteiger partial charge in [0.25, 0.3) is 0 Å². The summed E-state index contributed by atoms with van der Waals surface area (Å²) in [6.45, 7) is 0. The summed E-state index contributed by atoms with van der Waals surface area (Å²) in [7, 11) is 0. The van der Waals surface area contributed by atoms with Crippen LogP contribution < -0.4 is 0 Å². The molecule has 1 unspecified atom stereocenters. The number of hydrogen-bond donors (Lipinski definition) is 0. The van der Waals surface area contributed by atoms with Crippen LogP contribution in [0.25, 0.3) is 0 Å². The number of fused-ring (bicyclic) bond motifs is 1. The van der Waals surface area contributed by atoms with E-state index in [9.17, 15) is 0 Å². The SMILES string of the molecule is C1=C2SCCC12. The molecule has 0 saturated carbocycles. The van der Waals surface area contributed by atoms with Crippen molar-refractivity contribution in [2.24, 2.45) is 5.92 Å². The number of thioether (sulfide) groups is 1. The Hall–Kier alpha value is 0.0900. The highest BCUT2D eigenvalue weighted by molar-refractivity contribution is 8.03. The minimum Gasteiger partial charge on any atom is -0.130 e. The van der Waals surface area contributed by atoms with Gasteiger partial charge in [0, 0.05) is 5.92 Å². The Bertz CT molecular complexity index is 105. The van der Waals surface area contributed by atoms with E-state index in [1.54, 1.807) is 4.91 Å². The fraction of sp³-hybridized carbons (Fsp3) is 0.600. The zero-order valence-corrected chi connectivity index (χ0v) is 4.29. The van der Waals surface area contributed by atoms with Gasteiger partial charge in [0.15, 0.2) is 0 Å². The summed E-state index contributed by atoms with van der Waals surface area (Å²) in [4.78, 5) is 1.66. The maximum absolute atomic E-state index is 2.36. The van der Waals surface area contributed by atoms with E-state index in [1.165, 1.54) is 12.2 Å². The van der Waals surface area contributed by atoms with Gasteiger partial charge < -0.3 is 0 Å². The topological polar surface area (TPSA) is 0 Å². The van der Waals surface area contributed by atoms with Crippen molar-refractivity contribution < 1.29 is 0 Å². The van der Waals surface area contributed by atoms with Gasteiger partial charge in [-0.1, -0.05) is 6.08 Å². The highest BCUT2D eigenvalue weighted by atomic mass is 32.2. The largest absolute Gasteiger partial charge is 0.130 e. The van der Waals surface area contributed by atoms with Gasteiger partial charge in [-0.2, -0.15) is 0 Å². The third-order valence-electron chi connectivity index (χ3n) is 1.32. The van der Waals surface area contributed by atoms with Crippen molar-refractivity contribution in [3.8, 4) is 0 Å². The summed E-state index contributed by atoms with van der Waals surface area (Å²) < 4.78 is 0. The van der Waals surface area contributed by atoms with Gasteiger partial charge in [0.05, 0.1) is 0 Å². The first kappa shape index (κ1) is 3.14. The first-order valence-corrected chi connectivity index (χ1v) is 3.30. The molecule has 0 aromatic carbocycles. The van der Waals surface area contributed by atoms with Crippen LogP contribution >= 0.6 is 11.8 Å². The first-order chi connectivity index (χ1) is 2.97. The third kappa shape index (κ3) is 0.267. The molecule has 32 valence electrons. The molecule has 1 fully saturated rings. The van der Waals surface area contributed by atoms with Crippen molar-refractivity contribution in [2.45, 2.75) is 6.42 Å². The minimum atomic E-state index is 0.968. The molecular weight excluding hydrogens is 92.1 g/mol. The predicted octanol–water partition coefficient (Wildman–Crippen LogP) is 1.64. The molecule has 2 rings (SSSR count). The molecule has 1 saturated heterocycles. The lowest BCUT2D eigenvalue weighted by atomic mass is 10.3. The first-order valence-electron chi connectivity index (χ1n) is 2.31. The summed E-state index contributed by atoms with van der Waals surface area (Å²) in [5.74, 6) is 2.35. The molecule has 0 bridgehead atoms. The predicted molar refractivity (Wildman–Crippen MR) is 28.6 cm³/mol. The van der Waals surface area contributed by atoms with Gasteiger partial charge in [-0.15, -0.1) is 11.8 Å². The molecule has 1 aliphatic carbocycles. The fourth-order valence-corrected chi connectivity index (χ4v) is 2.03. The molecular formula is C5H6S. The lowest BCUT2D eigenvalue weighted by Crippen LogP contribution is -1.69. The molecule has 1 atom stereocenters. The lowest BCUT2D eigenvalue weighted by Gasteiger charge is -1.76. The van der Waals surface area contributed by atoms with Crippen molar-refractivity contribution in [3.63, 3.8) is 0 Å². The molecule has 2 aliphatic rings. The average Bonchev–Trinajstić information content (AvgIpc) is 2.17. The van der Waals surface area contributed by atoms with Crippen LogP contribution in [0.15, 0.2) is 11.0 Å². The Kier molecular flexibility index (Phi) is 0.438. The van der Waals surface area contributed by atoms with Crippen LogP contribution in [0, 0.1) is 5.92 Å². The number of hydrogen-bond acceptors (Lipinski definition) is 1. The summed E-state index contributed by atoms with van der Waals surface area (Å²) in [5.41, 5.74) is 0. The molecule has 0 nitrogen and oxygen atoms in total. The van der Waals surface area contributed by atoms with Gasteiger partial charge in [0.2, 0.25) is 0 Å². The van der Waals surface area contributed by atoms with Crippen LogP contribution in [0.3, 0.4) is 0 Å². The molecule has 1 aliphatic heterocycles. The van der Waals surface area contributed by atoms with Crippen LogP contribution in [0.4, 0.5) is 0 Å². The monoisotopic (exact) mass is 98.0 g/mol. The highest BCUT2D eigenvalue weighted by Crippen LogP contribution is 2.48. The molecule has 0 radical (unpaired) electrons. The average molecular weight is 98.2 g/mol.